The Balaban J connectivity index is 1.84. The largest absolute Gasteiger partial charge is 0.0747 e. The molecule has 116 valence electrons. The van der Waals surface area contributed by atoms with Gasteiger partial charge in [0.2, 0.25) is 0 Å². The minimum atomic E-state index is 1.12. The van der Waals surface area contributed by atoms with Gasteiger partial charge in [0.05, 0.1) is 0 Å². The summed E-state index contributed by atoms with van der Waals surface area (Å²) in [4.78, 5) is 0. The molecule has 0 heterocycles. The molecule has 21 heavy (non-hydrogen) atoms. The Kier molecular flexibility index (Phi) is 12.2. The molecule has 0 nitrogen and oxygen atoms in total. The molecule has 0 spiro atoms. The summed E-state index contributed by atoms with van der Waals surface area (Å²) in [5, 5.41) is 3.20. The molecule has 0 aliphatic rings. The fourth-order valence-electron chi connectivity index (χ4n) is 2.33. The van der Waals surface area contributed by atoms with Crippen LogP contribution in [0.15, 0.2) is 30.3 Å². The van der Waals surface area contributed by atoms with Gasteiger partial charge in [-0.15, -0.1) is 0 Å². The van der Waals surface area contributed by atoms with Gasteiger partial charge in [-0.25, -0.2) is 0 Å². The molecule has 0 aliphatic carbocycles. The molecule has 0 saturated carbocycles. The first-order valence-corrected chi connectivity index (χ1v) is 9.60. The van der Waals surface area contributed by atoms with Crippen molar-refractivity contribution in [2.24, 2.45) is 0 Å². The Hall–Kier alpha value is -0.870. The highest BCUT2D eigenvalue weighted by Crippen LogP contribution is 2.12. The molecule has 0 atom stereocenters. The Labute approximate surface area is 136 Å². The molecule has 0 radical (unpaired) electrons. The van der Waals surface area contributed by atoms with Crippen LogP contribution in [0.3, 0.4) is 0 Å². The summed E-state index contributed by atoms with van der Waals surface area (Å²) < 4.78 is 0. The summed E-state index contributed by atoms with van der Waals surface area (Å²) in [5.41, 5.74) is 1.12. The topological polar surface area (TPSA) is 0 Å². The van der Waals surface area contributed by atoms with E-state index < -0.39 is 0 Å². The molecule has 1 heteroatoms. The monoisotopic (exact) mass is 302 g/mol. The Morgan fingerprint density at radius 1 is 0.762 bits per heavy atom. The number of rotatable bonds is 11. The second-order valence-electron chi connectivity index (χ2n) is 5.62. The average molecular weight is 303 g/mol. The first-order chi connectivity index (χ1) is 10.4. The van der Waals surface area contributed by atoms with Gasteiger partial charge in [-0.1, -0.05) is 101 Å². The number of unbranched alkanes of at least 4 members (excludes halogenated alkanes) is 9. The van der Waals surface area contributed by atoms with Crippen LogP contribution in [-0.2, 0) is 0 Å². The Morgan fingerprint density at radius 3 is 1.95 bits per heavy atom. The lowest BCUT2D eigenvalue weighted by Crippen LogP contribution is -1.83. The smallest absolute Gasteiger partial charge is 0.0254 e. The third-order valence-electron chi connectivity index (χ3n) is 3.64. The molecule has 0 N–H and O–H groups in total. The van der Waals surface area contributed by atoms with E-state index in [2.05, 4.69) is 30.2 Å². The van der Waals surface area contributed by atoms with Crippen molar-refractivity contribution in [3.05, 3.63) is 35.9 Å². The van der Waals surface area contributed by atoms with Crippen LogP contribution in [0.25, 0.3) is 0 Å². The van der Waals surface area contributed by atoms with Crippen LogP contribution in [0.1, 0.15) is 76.7 Å². The van der Waals surface area contributed by atoms with Crippen molar-refractivity contribution >= 4 is 11.8 Å². The maximum Gasteiger partial charge on any atom is 0.0254 e. The van der Waals surface area contributed by atoms with Crippen molar-refractivity contribution in [3.63, 3.8) is 0 Å². The van der Waals surface area contributed by atoms with Gasteiger partial charge in [0.1, 0.15) is 0 Å². The van der Waals surface area contributed by atoms with Crippen molar-refractivity contribution < 1.29 is 0 Å². The molecule has 0 unspecified atom stereocenters. The van der Waals surface area contributed by atoms with E-state index in [4.69, 9.17) is 0 Å². The number of hydrogen-bond donors (Lipinski definition) is 0. The molecule has 0 aromatic heterocycles. The molecule has 1 rings (SSSR count). The number of benzene rings is 1. The molecular formula is C20H30S. The SMILES string of the molecule is CCCCCCCCCCCCSC#Cc1ccccc1. The van der Waals surface area contributed by atoms with Crippen LogP contribution in [0, 0.1) is 11.2 Å². The first kappa shape index (κ1) is 18.2. The van der Waals surface area contributed by atoms with Crippen molar-refractivity contribution in [1.29, 1.82) is 0 Å². The highest BCUT2D eigenvalue weighted by Gasteiger charge is 1.92. The van der Waals surface area contributed by atoms with Gasteiger partial charge in [0, 0.05) is 11.3 Å². The van der Waals surface area contributed by atoms with E-state index in [1.807, 2.05) is 18.2 Å². The molecule has 0 fully saturated rings. The van der Waals surface area contributed by atoms with E-state index in [1.165, 1.54) is 70.0 Å². The van der Waals surface area contributed by atoms with Gasteiger partial charge in [-0.05, 0) is 23.8 Å². The van der Waals surface area contributed by atoms with Crippen LogP contribution in [0.2, 0.25) is 0 Å². The fourth-order valence-corrected chi connectivity index (χ4v) is 2.97. The highest BCUT2D eigenvalue weighted by molar-refractivity contribution is 8.03. The standard InChI is InChI=1S/C20H30S/c1-2-3-4-5-6-7-8-9-10-14-18-21-19-17-20-15-12-11-13-16-20/h11-13,15-16H,2-10,14,18H2,1H3. The summed E-state index contributed by atoms with van der Waals surface area (Å²) in [7, 11) is 0. The third-order valence-corrected chi connectivity index (χ3v) is 4.38. The van der Waals surface area contributed by atoms with E-state index in [9.17, 15) is 0 Å². The summed E-state index contributed by atoms with van der Waals surface area (Å²) in [6.07, 6.45) is 14.0. The highest BCUT2D eigenvalue weighted by atomic mass is 32.2. The van der Waals surface area contributed by atoms with Crippen LogP contribution < -0.4 is 0 Å². The molecule has 1 aromatic rings. The van der Waals surface area contributed by atoms with Crippen molar-refractivity contribution in [2.45, 2.75) is 71.1 Å². The third kappa shape index (κ3) is 11.5. The van der Waals surface area contributed by atoms with E-state index in [1.54, 1.807) is 11.8 Å². The lowest BCUT2D eigenvalue weighted by molar-refractivity contribution is 0.563. The average Bonchev–Trinajstić information content (AvgIpc) is 2.53. The van der Waals surface area contributed by atoms with E-state index in [-0.39, 0.29) is 0 Å². The minimum Gasteiger partial charge on any atom is -0.0747 e. The fraction of sp³-hybridized carbons (Fsp3) is 0.600. The predicted molar refractivity (Wildman–Crippen MR) is 97.6 cm³/mol. The summed E-state index contributed by atoms with van der Waals surface area (Å²) in [6, 6.07) is 10.2. The Morgan fingerprint density at radius 2 is 1.33 bits per heavy atom. The van der Waals surface area contributed by atoms with Crippen molar-refractivity contribution in [1.82, 2.24) is 0 Å². The van der Waals surface area contributed by atoms with Gasteiger partial charge >= 0.3 is 0 Å². The lowest BCUT2D eigenvalue weighted by Gasteiger charge is -2.01. The van der Waals surface area contributed by atoms with Crippen molar-refractivity contribution in [3.8, 4) is 11.2 Å². The predicted octanol–water partition coefficient (Wildman–Crippen LogP) is 6.65. The maximum absolute atomic E-state index is 3.20. The van der Waals surface area contributed by atoms with Gasteiger partial charge in [0.15, 0.2) is 0 Å². The summed E-state index contributed by atoms with van der Waals surface area (Å²) >= 11 is 1.76. The van der Waals surface area contributed by atoms with Crippen LogP contribution in [0.5, 0.6) is 0 Å². The molecule has 0 bridgehead atoms. The van der Waals surface area contributed by atoms with Gasteiger partial charge in [0.25, 0.3) is 0 Å². The van der Waals surface area contributed by atoms with Gasteiger partial charge in [-0.3, -0.25) is 0 Å². The van der Waals surface area contributed by atoms with Gasteiger partial charge in [-0.2, -0.15) is 0 Å². The van der Waals surface area contributed by atoms with Crippen LogP contribution in [-0.4, -0.2) is 5.75 Å². The number of hydrogen-bond acceptors (Lipinski definition) is 1. The van der Waals surface area contributed by atoms with Crippen LogP contribution in [0.4, 0.5) is 0 Å². The maximum atomic E-state index is 3.20. The molecule has 0 aliphatic heterocycles. The zero-order chi connectivity index (χ0) is 15.0. The van der Waals surface area contributed by atoms with Gasteiger partial charge < -0.3 is 0 Å². The lowest BCUT2D eigenvalue weighted by atomic mass is 10.1. The van der Waals surface area contributed by atoms with Crippen LogP contribution >= 0.6 is 11.8 Å². The second kappa shape index (κ2) is 14.1. The second-order valence-corrected chi connectivity index (χ2v) is 6.52. The zero-order valence-corrected chi connectivity index (χ0v) is 14.4. The summed E-state index contributed by atoms with van der Waals surface area (Å²) in [6.45, 7) is 2.28. The molecular weight excluding hydrogens is 272 g/mol. The zero-order valence-electron chi connectivity index (χ0n) is 13.6. The minimum absolute atomic E-state index is 1.12. The normalized spacial score (nSPS) is 10.1. The van der Waals surface area contributed by atoms with Crippen molar-refractivity contribution in [2.75, 3.05) is 5.75 Å². The quantitative estimate of drug-likeness (QED) is 0.326. The molecule has 0 amide bonds. The first-order valence-electron chi connectivity index (χ1n) is 8.61. The Bertz CT molecular complexity index is 385. The summed E-state index contributed by atoms with van der Waals surface area (Å²) in [5.74, 6) is 4.37. The van der Waals surface area contributed by atoms with E-state index in [0.717, 1.165) is 5.56 Å². The van der Waals surface area contributed by atoms with E-state index >= 15 is 0 Å². The molecule has 0 saturated heterocycles. The number of thioether (sulfide) groups is 1. The van der Waals surface area contributed by atoms with E-state index in [0.29, 0.717) is 0 Å². The molecule has 1 aromatic carbocycles.